The summed E-state index contributed by atoms with van der Waals surface area (Å²) < 4.78 is 0. The van der Waals surface area contributed by atoms with E-state index in [1.54, 1.807) is 0 Å². The Morgan fingerprint density at radius 2 is 1.70 bits per heavy atom. The highest BCUT2D eigenvalue weighted by Gasteiger charge is 2.19. The monoisotopic (exact) mass is 365 g/mol. The van der Waals surface area contributed by atoms with Gasteiger partial charge < -0.3 is 10.2 Å². The Bertz CT molecular complexity index is 762. The van der Waals surface area contributed by atoms with Gasteiger partial charge in [0.15, 0.2) is 0 Å². The molecule has 1 saturated heterocycles. The summed E-state index contributed by atoms with van der Waals surface area (Å²) in [7, 11) is 0. The van der Waals surface area contributed by atoms with Crippen LogP contribution < -0.4 is 10.2 Å². The molecular weight excluding hydrogens is 334 g/mol. The number of carbonyl (C=O) groups is 1. The Morgan fingerprint density at radius 1 is 1.00 bits per heavy atom. The highest BCUT2D eigenvalue weighted by Crippen LogP contribution is 2.24. The number of amides is 1. The van der Waals surface area contributed by atoms with Crippen LogP contribution in [-0.4, -0.2) is 43.5 Å². The summed E-state index contributed by atoms with van der Waals surface area (Å²) in [4.78, 5) is 17.0. The van der Waals surface area contributed by atoms with Crippen LogP contribution >= 0.6 is 0 Å². The minimum atomic E-state index is 0.0190. The van der Waals surface area contributed by atoms with E-state index >= 15 is 0 Å². The average Bonchev–Trinajstić information content (AvgIpc) is 2.69. The fraction of sp³-hybridized carbons (Fsp3) is 0.435. The van der Waals surface area contributed by atoms with Gasteiger partial charge in [-0.2, -0.15) is 0 Å². The summed E-state index contributed by atoms with van der Waals surface area (Å²) in [5.74, 6) is 0.0190. The maximum Gasteiger partial charge on any atom is 0.251 e. The van der Waals surface area contributed by atoms with Gasteiger partial charge in [0.05, 0.1) is 0 Å². The molecule has 3 rings (SSSR count). The molecule has 1 aliphatic heterocycles. The van der Waals surface area contributed by atoms with E-state index in [0.717, 1.165) is 51.3 Å². The molecule has 0 bridgehead atoms. The van der Waals surface area contributed by atoms with E-state index in [1.807, 2.05) is 12.1 Å². The number of aryl methyl sites for hydroxylation is 1. The maximum absolute atomic E-state index is 12.0. The summed E-state index contributed by atoms with van der Waals surface area (Å²) in [6.45, 7) is 12.4. The molecule has 0 atom stereocenters. The second-order valence-corrected chi connectivity index (χ2v) is 7.44. The van der Waals surface area contributed by atoms with Crippen LogP contribution in [-0.2, 0) is 6.54 Å². The molecular formula is C23H31N3O. The smallest absolute Gasteiger partial charge is 0.251 e. The van der Waals surface area contributed by atoms with Gasteiger partial charge in [0.25, 0.3) is 5.91 Å². The Kier molecular flexibility index (Phi) is 6.51. The van der Waals surface area contributed by atoms with E-state index in [1.165, 1.54) is 22.4 Å². The summed E-state index contributed by atoms with van der Waals surface area (Å²) in [6.07, 6.45) is 0.956. The van der Waals surface area contributed by atoms with Crippen molar-refractivity contribution in [2.45, 2.75) is 33.7 Å². The number of piperazine rings is 1. The number of anilines is 1. The number of benzene rings is 2. The highest BCUT2D eigenvalue weighted by molar-refractivity contribution is 5.94. The van der Waals surface area contributed by atoms with E-state index in [4.69, 9.17) is 0 Å². The molecule has 1 aliphatic rings. The van der Waals surface area contributed by atoms with E-state index < -0.39 is 0 Å². The molecule has 2 aromatic rings. The fourth-order valence-electron chi connectivity index (χ4n) is 3.59. The Morgan fingerprint density at radius 3 is 2.37 bits per heavy atom. The lowest BCUT2D eigenvalue weighted by molar-refractivity contribution is 0.0953. The molecule has 1 N–H and O–H groups in total. The van der Waals surface area contributed by atoms with Crippen LogP contribution in [0.1, 0.15) is 40.4 Å². The van der Waals surface area contributed by atoms with Crippen LogP contribution in [0.4, 0.5) is 5.69 Å². The van der Waals surface area contributed by atoms with Gasteiger partial charge in [0, 0.05) is 50.5 Å². The van der Waals surface area contributed by atoms with E-state index in [2.05, 4.69) is 66.2 Å². The number of nitrogens with zero attached hydrogens (tertiary/aromatic N) is 2. The Labute approximate surface area is 163 Å². The normalized spacial score (nSPS) is 15.0. The summed E-state index contributed by atoms with van der Waals surface area (Å²) in [5, 5.41) is 2.92. The van der Waals surface area contributed by atoms with E-state index in [-0.39, 0.29) is 5.91 Å². The SMILES string of the molecule is CCCNC(=O)c1ccc(CN2CCN(c3cccc(C)c3C)CC2)cc1. The zero-order valence-electron chi connectivity index (χ0n) is 16.8. The lowest BCUT2D eigenvalue weighted by Crippen LogP contribution is -2.46. The van der Waals surface area contributed by atoms with Gasteiger partial charge in [-0.3, -0.25) is 9.69 Å². The van der Waals surface area contributed by atoms with Crippen molar-refractivity contribution in [2.24, 2.45) is 0 Å². The zero-order chi connectivity index (χ0) is 19.2. The molecule has 144 valence electrons. The average molecular weight is 366 g/mol. The number of nitrogens with one attached hydrogen (secondary N) is 1. The van der Waals surface area contributed by atoms with Crippen LogP contribution in [0.2, 0.25) is 0 Å². The summed E-state index contributed by atoms with van der Waals surface area (Å²) in [5.41, 5.74) is 6.13. The van der Waals surface area contributed by atoms with Gasteiger partial charge in [0.2, 0.25) is 0 Å². The van der Waals surface area contributed by atoms with Crippen molar-refractivity contribution in [3.63, 3.8) is 0 Å². The largest absolute Gasteiger partial charge is 0.369 e. The quantitative estimate of drug-likeness (QED) is 0.846. The number of hydrogen-bond acceptors (Lipinski definition) is 3. The third kappa shape index (κ3) is 4.89. The van der Waals surface area contributed by atoms with Gasteiger partial charge in [-0.05, 0) is 55.2 Å². The molecule has 1 heterocycles. The van der Waals surface area contributed by atoms with E-state index in [9.17, 15) is 4.79 Å². The topological polar surface area (TPSA) is 35.6 Å². The van der Waals surface area contributed by atoms with Gasteiger partial charge in [0.1, 0.15) is 0 Å². The predicted octanol–water partition coefficient (Wildman–Crippen LogP) is 3.77. The fourth-order valence-corrected chi connectivity index (χ4v) is 3.59. The standard InChI is InChI=1S/C23H31N3O/c1-4-12-24-23(27)21-10-8-20(9-11-21)17-25-13-15-26(16-14-25)22-7-5-6-18(2)19(22)3/h5-11H,4,12-17H2,1-3H3,(H,24,27). The third-order valence-electron chi connectivity index (χ3n) is 5.45. The molecule has 0 spiro atoms. The molecule has 2 aromatic carbocycles. The van der Waals surface area contributed by atoms with Crippen LogP contribution in [0.15, 0.2) is 42.5 Å². The van der Waals surface area contributed by atoms with Gasteiger partial charge in [-0.15, -0.1) is 0 Å². The van der Waals surface area contributed by atoms with Crippen LogP contribution in [0.3, 0.4) is 0 Å². The molecule has 1 amide bonds. The second kappa shape index (κ2) is 9.05. The molecule has 27 heavy (non-hydrogen) atoms. The molecule has 0 unspecified atom stereocenters. The first kappa shape index (κ1) is 19.4. The number of rotatable bonds is 6. The third-order valence-corrected chi connectivity index (χ3v) is 5.45. The van der Waals surface area contributed by atoms with Crippen LogP contribution in [0, 0.1) is 13.8 Å². The predicted molar refractivity (Wildman–Crippen MR) is 112 cm³/mol. The van der Waals surface area contributed by atoms with Crippen LogP contribution in [0.25, 0.3) is 0 Å². The second-order valence-electron chi connectivity index (χ2n) is 7.44. The summed E-state index contributed by atoms with van der Waals surface area (Å²) in [6, 6.07) is 14.6. The van der Waals surface area contributed by atoms with Gasteiger partial charge in [-0.1, -0.05) is 31.2 Å². The molecule has 4 heteroatoms. The Balaban J connectivity index is 1.53. The van der Waals surface area contributed by atoms with Crippen molar-refractivity contribution < 1.29 is 4.79 Å². The minimum Gasteiger partial charge on any atom is -0.369 e. The first-order valence-electron chi connectivity index (χ1n) is 9.99. The lowest BCUT2D eigenvalue weighted by Gasteiger charge is -2.37. The molecule has 0 aliphatic carbocycles. The molecule has 0 saturated carbocycles. The maximum atomic E-state index is 12.0. The first-order chi connectivity index (χ1) is 13.1. The minimum absolute atomic E-state index is 0.0190. The van der Waals surface area contributed by atoms with Crippen molar-refractivity contribution in [3.8, 4) is 0 Å². The van der Waals surface area contributed by atoms with Gasteiger partial charge in [-0.25, -0.2) is 0 Å². The Hall–Kier alpha value is -2.33. The van der Waals surface area contributed by atoms with E-state index in [0.29, 0.717) is 0 Å². The van der Waals surface area contributed by atoms with Crippen molar-refractivity contribution in [3.05, 3.63) is 64.7 Å². The number of hydrogen-bond donors (Lipinski definition) is 1. The zero-order valence-corrected chi connectivity index (χ0v) is 16.8. The van der Waals surface area contributed by atoms with Crippen molar-refractivity contribution >= 4 is 11.6 Å². The van der Waals surface area contributed by atoms with Crippen molar-refractivity contribution in [1.29, 1.82) is 0 Å². The highest BCUT2D eigenvalue weighted by atomic mass is 16.1. The number of carbonyl (C=O) groups excluding carboxylic acids is 1. The van der Waals surface area contributed by atoms with Crippen molar-refractivity contribution in [1.82, 2.24) is 10.2 Å². The van der Waals surface area contributed by atoms with Crippen molar-refractivity contribution in [2.75, 3.05) is 37.6 Å². The lowest BCUT2D eigenvalue weighted by atomic mass is 10.1. The molecule has 0 aromatic heterocycles. The summed E-state index contributed by atoms with van der Waals surface area (Å²) >= 11 is 0. The van der Waals surface area contributed by atoms with Gasteiger partial charge >= 0.3 is 0 Å². The molecule has 1 fully saturated rings. The van der Waals surface area contributed by atoms with Crippen LogP contribution in [0.5, 0.6) is 0 Å². The molecule has 4 nitrogen and oxygen atoms in total. The first-order valence-corrected chi connectivity index (χ1v) is 9.99. The molecule has 0 radical (unpaired) electrons.